The highest BCUT2D eigenvalue weighted by molar-refractivity contribution is 7.99. The van der Waals surface area contributed by atoms with E-state index in [2.05, 4.69) is 22.1 Å². The minimum Gasteiger partial charge on any atom is -0.325 e. The van der Waals surface area contributed by atoms with Crippen LogP contribution in [0.25, 0.3) is 0 Å². The Morgan fingerprint density at radius 2 is 1.74 bits per heavy atom. The molecule has 0 bridgehead atoms. The van der Waals surface area contributed by atoms with Crippen molar-refractivity contribution in [3.63, 3.8) is 0 Å². The van der Waals surface area contributed by atoms with Crippen LogP contribution in [0.15, 0.2) is 60.3 Å². The molecule has 0 spiro atoms. The number of halogens is 3. The van der Waals surface area contributed by atoms with Crippen LogP contribution in [0.3, 0.4) is 0 Å². The molecule has 0 radical (unpaired) electrons. The minimum absolute atomic E-state index is 0.178. The van der Waals surface area contributed by atoms with Crippen LogP contribution in [0, 0.1) is 0 Å². The van der Waals surface area contributed by atoms with Crippen LogP contribution in [-0.2, 0) is 22.8 Å². The summed E-state index contributed by atoms with van der Waals surface area (Å²) in [7, 11) is 0. The molecule has 3 aromatic rings. The quantitative estimate of drug-likeness (QED) is 0.245. The highest BCUT2D eigenvalue weighted by atomic mass is 35.5. The average Bonchev–Trinajstić information content (AvgIpc) is 3.09. The van der Waals surface area contributed by atoms with E-state index in [4.69, 9.17) is 34.8 Å². The Morgan fingerprint density at radius 3 is 2.42 bits per heavy atom. The topological polar surface area (TPSA) is 59.8 Å². The summed E-state index contributed by atoms with van der Waals surface area (Å²) in [4.78, 5) is 12.3. The van der Waals surface area contributed by atoms with Gasteiger partial charge in [-0.15, -0.1) is 28.5 Å². The maximum absolute atomic E-state index is 12.3. The van der Waals surface area contributed by atoms with Gasteiger partial charge in [-0.1, -0.05) is 64.8 Å². The molecule has 2 aromatic carbocycles. The first kappa shape index (κ1) is 24.0. The molecule has 31 heavy (non-hydrogen) atoms. The molecule has 1 aromatic heterocycles. The fraction of sp³-hybridized carbons (Fsp3) is 0.190. The number of hydrogen-bond acceptors (Lipinski definition) is 5. The number of rotatable bonds is 10. The van der Waals surface area contributed by atoms with Gasteiger partial charge in [0.15, 0.2) is 5.16 Å². The van der Waals surface area contributed by atoms with E-state index >= 15 is 0 Å². The molecular formula is C21H19Cl3N4OS2. The lowest BCUT2D eigenvalue weighted by molar-refractivity contribution is -0.113. The summed E-state index contributed by atoms with van der Waals surface area (Å²) in [5.74, 6) is 2.36. The first-order valence-corrected chi connectivity index (χ1v) is 12.5. The van der Waals surface area contributed by atoms with Crippen molar-refractivity contribution in [2.75, 3.05) is 11.1 Å². The molecule has 1 heterocycles. The van der Waals surface area contributed by atoms with Crippen molar-refractivity contribution < 1.29 is 4.79 Å². The molecule has 0 aliphatic heterocycles. The lowest BCUT2D eigenvalue weighted by Gasteiger charge is -2.09. The van der Waals surface area contributed by atoms with Gasteiger partial charge >= 0.3 is 0 Å². The third-order valence-electron chi connectivity index (χ3n) is 4.00. The van der Waals surface area contributed by atoms with Crippen molar-refractivity contribution in [3.8, 4) is 0 Å². The van der Waals surface area contributed by atoms with Gasteiger partial charge in [-0.2, -0.15) is 0 Å². The lowest BCUT2D eigenvalue weighted by atomic mass is 10.2. The Bertz CT molecular complexity index is 1040. The normalized spacial score (nSPS) is 10.8. The summed E-state index contributed by atoms with van der Waals surface area (Å²) in [6, 6.07) is 12.7. The second-order valence-corrected chi connectivity index (χ2v) is 9.65. The minimum atomic E-state index is -0.185. The summed E-state index contributed by atoms with van der Waals surface area (Å²) in [5.41, 5.74) is 1.74. The number of anilines is 1. The molecule has 5 nitrogen and oxygen atoms in total. The summed E-state index contributed by atoms with van der Waals surface area (Å²) >= 11 is 20.9. The molecule has 0 aliphatic carbocycles. The predicted octanol–water partition coefficient (Wildman–Crippen LogP) is 6.59. The summed E-state index contributed by atoms with van der Waals surface area (Å²) in [6.07, 6.45) is 1.79. The maximum Gasteiger partial charge on any atom is 0.234 e. The van der Waals surface area contributed by atoms with Gasteiger partial charge in [-0.05, 0) is 35.9 Å². The summed E-state index contributed by atoms with van der Waals surface area (Å²) < 4.78 is 1.97. The van der Waals surface area contributed by atoms with E-state index < -0.39 is 0 Å². The van der Waals surface area contributed by atoms with Gasteiger partial charge in [0.25, 0.3) is 0 Å². The van der Waals surface area contributed by atoms with E-state index in [1.54, 1.807) is 36.0 Å². The zero-order valence-electron chi connectivity index (χ0n) is 16.4. The molecule has 162 valence electrons. The highest BCUT2D eigenvalue weighted by Crippen LogP contribution is 2.25. The summed E-state index contributed by atoms with van der Waals surface area (Å²) in [6.45, 7) is 4.38. The molecule has 0 saturated heterocycles. The molecular weight excluding hydrogens is 495 g/mol. The van der Waals surface area contributed by atoms with Crippen molar-refractivity contribution in [1.29, 1.82) is 0 Å². The highest BCUT2D eigenvalue weighted by Gasteiger charge is 2.14. The van der Waals surface area contributed by atoms with Crippen LogP contribution in [0.2, 0.25) is 15.1 Å². The number of nitrogens with one attached hydrogen (secondary N) is 1. The van der Waals surface area contributed by atoms with Crippen molar-refractivity contribution in [3.05, 3.63) is 81.6 Å². The number of allylic oxidation sites excluding steroid dienone is 1. The number of nitrogens with zero attached hydrogens (tertiary/aromatic N) is 3. The van der Waals surface area contributed by atoms with Crippen LogP contribution in [0.4, 0.5) is 5.69 Å². The number of carbonyl (C=O) groups is 1. The van der Waals surface area contributed by atoms with Gasteiger partial charge in [-0.25, -0.2) is 0 Å². The van der Waals surface area contributed by atoms with E-state index in [-0.39, 0.29) is 11.7 Å². The Morgan fingerprint density at radius 1 is 1.03 bits per heavy atom. The van der Waals surface area contributed by atoms with Gasteiger partial charge in [0.2, 0.25) is 5.91 Å². The van der Waals surface area contributed by atoms with E-state index in [0.29, 0.717) is 33.2 Å². The first-order valence-electron chi connectivity index (χ1n) is 9.18. The SMILES string of the molecule is C=CCn1c(CSCc2ccc(Cl)cc2)nnc1SCC(=O)Nc1cc(Cl)cc(Cl)c1. The van der Waals surface area contributed by atoms with E-state index in [1.165, 1.54) is 17.3 Å². The molecule has 1 N–H and O–H groups in total. The van der Waals surface area contributed by atoms with Crippen LogP contribution in [-0.4, -0.2) is 26.4 Å². The first-order chi connectivity index (χ1) is 14.9. The third-order valence-corrected chi connectivity index (χ3v) is 6.65. The van der Waals surface area contributed by atoms with Crippen molar-refractivity contribution >= 4 is 69.9 Å². The van der Waals surface area contributed by atoms with Crippen LogP contribution in [0.5, 0.6) is 0 Å². The third kappa shape index (κ3) is 7.47. The molecule has 1 amide bonds. The van der Waals surface area contributed by atoms with E-state index in [0.717, 1.165) is 16.6 Å². The van der Waals surface area contributed by atoms with Crippen LogP contribution >= 0.6 is 58.3 Å². The van der Waals surface area contributed by atoms with Crippen LogP contribution < -0.4 is 5.32 Å². The van der Waals surface area contributed by atoms with Gasteiger partial charge in [-0.3, -0.25) is 4.79 Å². The van der Waals surface area contributed by atoms with Gasteiger partial charge in [0, 0.05) is 33.1 Å². The number of benzene rings is 2. The molecule has 0 fully saturated rings. The molecule has 0 atom stereocenters. The van der Waals surface area contributed by atoms with Crippen molar-refractivity contribution in [2.45, 2.75) is 23.2 Å². The predicted molar refractivity (Wildman–Crippen MR) is 132 cm³/mol. The Kier molecular flexibility index (Phi) is 9.16. The van der Waals surface area contributed by atoms with E-state index in [1.807, 2.05) is 28.8 Å². The fourth-order valence-corrected chi connectivity index (χ4v) is 4.98. The molecule has 10 heteroatoms. The van der Waals surface area contributed by atoms with Gasteiger partial charge in [0.05, 0.1) is 11.5 Å². The number of amides is 1. The largest absolute Gasteiger partial charge is 0.325 e. The zero-order chi connectivity index (χ0) is 22.2. The fourth-order valence-electron chi connectivity index (χ4n) is 2.64. The Labute approximate surface area is 204 Å². The molecule has 0 aliphatic rings. The van der Waals surface area contributed by atoms with E-state index in [9.17, 15) is 4.79 Å². The second-order valence-electron chi connectivity index (χ2n) is 6.41. The number of carbonyl (C=O) groups excluding carboxylic acids is 1. The Balaban J connectivity index is 1.56. The number of aromatic nitrogens is 3. The maximum atomic E-state index is 12.3. The van der Waals surface area contributed by atoms with Crippen molar-refractivity contribution in [2.24, 2.45) is 0 Å². The standard InChI is InChI=1S/C21H19Cl3N4OS2/c1-2-7-28-19(12-30-11-14-3-5-15(22)6-4-14)26-27-21(28)31-13-20(29)25-18-9-16(23)8-17(24)10-18/h2-6,8-10H,1,7,11-13H2,(H,25,29). The zero-order valence-corrected chi connectivity index (χ0v) is 20.3. The molecule has 3 rings (SSSR count). The smallest absolute Gasteiger partial charge is 0.234 e. The van der Waals surface area contributed by atoms with Gasteiger partial charge < -0.3 is 9.88 Å². The Hall–Kier alpha value is -1.64. The lowest BCUT2D eigenvalue weighted by Crippen LogP contribution is -2.14. The monoisotopic (exact) mass is 512 g/mol. The average molecular weight is 514 g/mol. The molecule has 0 unspecified atom stereocenters. The molecule has 0 saturated carbocycles. The summed E-state index contributed by atoms with van der Waals surface area (Å²) in [5, 5.41) is 13.7. The second kappa shape index (κ2) is 11.8. The number of hydrogen-bond donors (Lipinski definition) is 1. The van der Waals surface area contributed by atoms with Crippen LogP contribution in [0.1, 0.15) is 11.4 Å². The van der Waals surface area contributed by atoms with Gasteiger partial charge in [0.1, 0.15) is 5.82 Å². The van der Waals surface area contributed by atoms with Crippen molar-refractivity contribution in [1.82, 2.24) is 14.8 Å². The number of thioether (sulfide) groups is 2.